The van der Waals surface area contributed by atoms with Crippen LogP contribution in [-0.2, 0) is 4.79 Å². The van der Waals surface area contributed by atoms with Gasteiger partial charge in [0.25, 0.3) is 0 Å². The first kappa shape index (κ1) is 17.2. The maximum absolute atomic E-state index is 11.7. The van der Waals surface area contributed by atoms with E-state index in [0.29, 0.717) is 19.6 Å². The summed E-state index contributed by atoms with van der Waals surface area (Å²) in [5.41, 5.74) is 0. The molecule has 23 heavy (non-hydrogen) atoms. The highest BCUT2D eigenvalue weighted by Gasteiger charge is 2.02. The van der Waals surface area contributed by atoms with Gasteiger partial charge in [0.2, 0.25) is 5.91 Å². The molecule has 0 saturated heterocycles. The van der Waals surface area contributed by atoms with Crippen LogP contribution in [0, 0.1) is 0 Å². The molecule has 0 heterocycles. The zero-order valence-electron chi connectivity index (χ0n) is 13.2. The van der Waals surface area contributed by atoms with Crippen LogP contribution in [0.15, 0.2) is 59.5 Å². The molecule has 0 bridgehead atoms. The number of ether oxygens (including phenoxy) is 2. The van der Waals surface area contributed by atoms with E-state index in [1.165, 1.54) is 4.90 Å². The van der Waals surface area contributed by atoms with E-state index in [4.69, 9.17) is 9.47 Å². The van der Waals surface area contributed by atoms with Gasteiger partial charge in [-0.15, -0.1) is 11.8 Å². The molecule has 0 radical (unpaired) electrons. The Morgan fingerprint density at radius 2 is 1.87 bits per heavy atom. The minimum absolute atomic E-state index is 0.0441. The van der Waals surface area contributed by atoms with Crippen LogP contribution in [0.5, 0.6) is 11.5 Å². The average molecular weight is 331 g/mol. The maximum atomic E-state index is 11.7. The first-order valence-corrected chi connectivity index (χ1v) is 8.48. The van der Waals surface area contributed by atoms with Crippen molar-refractivity contribution in [1.82, 2.24) is 5.32 Å². The Kier molecular flexibility index (Phi) is 7.33. The third-order valence-corrected chi connectivity index (χ3v) is 4.09. The number of carbonyl (C=O) groups is 1. The minimum atomic E-state index is 0.0441. The molecule has 0 atom stereocenters. The Balaban J connectivity index is 1.57. The molecule has 1 N–H and O–H groups in total. The summed E-state index contributed by atoms with van der Waals surface area (Å²) in [6, 6.07) is 17.5. The van der Waals surface area contributed by atoms with Gasteiger partial charge in [-0.2, -0.15) is 0 Å². The molecule has 2 aromatic carbocycles. The first-order valence-electron chi connectivity index (χ1n) is 7.49. The summed E-state index contributed by atoms with van der Waals surface area (Å²) in [4.78, 5) is 12.9. The lowest BCUT2D eigenvalue weighted by molar-refractivity contribution is -0.120. The van der Waals surface area contributed by atoms with Crippen molar-refractivity contribution in [3.05, 3.63) is 54.6 Å². The summed E-state index contributed by atoms with van der Waals surface area (Å²) in [7, 11) is 1.62. The second kappa shape index (κ2) is 9.79. The van der Waals surface area contributed by atoms with E-state index >= 15 is 0 Å². The number of hydrogen-bond donors (Lipinski definition) is 1. The molecular formula is C18H21NO3S. The van der Waals surface area contributed by atoms with E-state index in [0.717, 1.165) is 17.3 Å². The van der Waals surface area contributed by atoms with Gasteiger partial charge in [-0.25, -0.2) is 0 Å². The smallest absolute Gasteiger partial charge is 0.220 e. The highest BCUT2D eigenvalue weighted by molar-refractivity contribution is 7.99. The summed E-state index contributed by atoms with van der Waals surface area (Å²) in [5, 5.41) is 2.86. The SMILES string of the molecule is COc1cccc(OCCNC(=O)CCSc2ccccc2)c1. The summed E-state index contributed by atoms with van der Waals surface area (Å²) < 4.78 is 10.7. The molecule has 0 saturated carbocycles. The topological polar surface area (TPSA) is 47.6 Å². The highest BCUT2D eigenvalue weighted by Crippen LogP contribution is 2.19. The van der Waals surface area contributed by atoms with Crippen molar-refractivity contribution in [3.63, 3.8) is 0 Å². The molecule has 0 fully saturated rings. The quantitative estimate of drug-likeness (QED) is 0.565. The molecule has 122 valence electrons. The van der Waals surface area contributed by atoms with E-state index in [1.807, 2.05) is 54.6 Å². The molecule has 0 aromatic heterocycles. The molecule has 0 unspecified atom stereocenters. The molecule has 0 aliphatic carbocycles. The monoisotopic (exact) mass is 331 g/mol. The molecule has 2 aromatic rings. The lowest BCUT2D eigenvalue weighted by atomic mass is 10.3. The fourth-order valence-electron chi connectivity index (χ4n) is 1.92. The van der Waals surface area contributed by atoms with Gasteiger partial charge < -0.3 is 14.8 Å². The summed E-state index contributed by atoms with van der Waals surface area (Å²) in [6.07, 6.45) is 0.499. The van der Waals surface area contributed by atoms with Crippen LogP contribution < -0.4 is 14.8 Å². The van der Waals surface area contributed by atoms with Crippen molar-refractivity contribution >= 4 is 17.7 Å². The van der Waals surface area contributed by atoms with Crippen molar-refractivity contribution in [2.75, 3.05) is 26.0 Å². The van der Waals surface area contributed by atoms with E-state index in [9.17, 15) is 4.79 Å². The second-order valence-electron chi connectivity index (χ2n) is 4.79. The number of amides is 1. The van der Waals surface area contributed by atoms with Crippen molar-refractivity contribution in [1.29, 1.82) is 0 Å². The van der Waals surface area contributed by atoms with Gasteiger partial charge in [-0.3, -0.25) is 4.79 Å². The van der Waals surface area contributed by atoms with Gasteiger partial charge >= 0.3 is 0 Å². The van der Waals surface area contributed by atoms with Crippen LogP contribution in [0.25, 0.3) is 0 Å². The molecule has 1 amide bonds. The predicted molar refractivity (Wildman–Crippen MR) is 93.3 cm³/mol. The van der Waals surface area contributed by atoms with Crippen molar-refractivity contribution < 1.29 is 14.3 Å². The predicted octanol–water partition coefficient (Wildman–Crippen LogP) is 3.37. The third-order valence-electron chi connectivity index (χ3n) is 3.08. The molecule has 5 heteroatoms. The molecule has 0 aliphatic rings. The fraction of sp³-hybridized carbons (Fsp3) is 0.278. The summed E-state index contributed by atoms with van der Waals surface area (Å²) in [6.45, 7) is 0.927. The normalized spacial score (nSPS) is 10.1. The van der Waals surface area contributed by atoms with Crippen molar-refractivity contribution in [2.24, 2.45) is 0 Å². The summed E-state index contributed by atoms with van der Waals surface area (Å²) >= 11 is 1.68. The van der Waals surface area contributed by atoms with Gasteiger partial charge in [-0.1, -0.05) is 24.3 Å². The van der Waals surface area contributed by atoms with Crippen molar-refractivity contribution in [3.8, 4) is 11.5 Å². The van der Waals surface area contributed by atoms with E-state index < -0.39 is 0 Å². The number of thioether (sulfide) groups is 1. The fourth-order valence-corrected chi connectivity index (χ4v) is 2.79. The van der Waals surface area contributed by atoms with Crippen LogP contribution in [0.2, 0.25) is 0 Å². The lowest BCUT2D eigenvalue weighted by Crippen LogP contribution is -2.28. The number of rotatable bonds is 9. The first-order chi connectivity index (χ1) is 11.3. The van der Waals surface area contributed by atoms with Gasteiger partial charge in [0, 0.05) is 23.1 Å². The van der Waals surface area contributed by atoms with Gasteiger partial charge in [0.1, 0.15) is 18.1 Å². The molecule has 0 spiro atoms. The number of nitrogens with one attached hydrogen (secondary N) is 1. The van der Waals surface area contributed by atoms with E-state index in [1.54, 1.807) is 18.9 Å². The van der Waals surface area contributed by atoms with E-state index in [2.05, 4.69) is 5.32 Å². The largest absolute Gasteiger partial charge is 0.497 e. The highest BCUT2D eigenvalue weighted by atomic mass is 32.2. The van der Waals surface area contributed by atoms with Gasteiger partial charge in [-0.05, 0) is 24.3 Å². The number of methoxy groups -OCH3 is 1. The van der Waals surface area contributed by atoms with Gasteiger partial charge in [0.05, 0.1) is 13.7 Å². The molecule has 2 rings (SSSR count). The zero-order chi connectivity index (χ0) is 16.3. The van der Waals surface area contributed by atoms with E-state index in [-0.39, 0.29) is 5.91 Å². The second-order valence-corrected chi connectivity index (χ2v) is 5.96. The Bertz CT molecular complexity index is 604. The third kappa shape index (κ3) is 6.65. The Morgan fingerprint density at radius 3 is 2.65 bits per heavy atom. The lowest BCUT2D eigenvalue weighted by Gasteiger charge is -2.09. The van der Waals surface area contributed by atoms with Crippen LogP contribution in [0.4, 0.5) is 0 Å². The van der Waals surface area contributed by atoms with Crippen LogP contribution in [-0.4, -0.2) is 31.9 Å². The molecule has 4 nitrogen and oxygen atoms in total. The van der Waals surface area contributed by atoms with Crippen molar-refractivity contribution in [2.45, 2.75) is 11.3 Å². The number of hydrogen-bond acceptors (Lipinski definition) is 4. The molecular weight excluding hydrogens is 310 g/mol. The summed E-state index contributed by atoms with van der Waals surface area (Å²) in [5.74, 6) is 2.30. The Morgan fingerprint density at radius 1 is 1.09 bits per heavy atom. The molecule has 0 aliphatic heterocycles. The van der Waals surface area contributed by atoms with Crippen LogP contribution >= 0.6 is 11.8 Å². The Labute approximate surface area is 141 Å². The standard InChI is InChI=1S/C18H21NO3S/c1-21-15-6-5-7-16(14-15)22-12-11-19-18(20)10-13-23-17-8-3-2-4-9-17/h2-9,14H,10-13H2,1H3,(H,19,20). The van der Waals surface area contributed by atoms with Crippen LogP contribution in [0.1, 0.15) is 6.42 Å². The maximum Gasteiger partial charge on any atom is 0.220 e. The number of benzene rings is 2. The average Bonchev–Trinajstić information content (AvgIpc) is 2.60. The number of carbonyl (C=O) groups excluding carboxylic acids is 1. The minimum Gasteiger partial charge on any atom is -0.497 e. The van der Waals surface area contributed by atoms with Crippen LogP contribution in [0.3, 0.4) is 0 Å². The Hall–Kier alpha value is -2.14. The zero-order valence-corrected chi connectivity index (χ0v) is 14.0. The van der Waals surface area contributed by atoms with Gasteiger partial charge in [0.15, 0.2) is 0 Å².